The predicted molar refractivity (Wildman–Crippen MR) is 35.0 cm³/mol. The summed E-state index contributed by atoms with van der Waals surface area (Å²) in [6.45, 7) is 0. The van der Waals surface area contributed by atoms with Crippen LogP contribution in [0.1, 0.15) is 0 Å². The molecule has 0 spiro atoms. The van der Waals surface area contributed by atoms with E-state index in [0.29, 0.717) is 3.71 Å². The Balaban J connectivity index is 0. The van der Waals surface area contributed by atoms with Gasteiger partial charge in [-0.1, -0.05) is 0 Å². The zero-order valence-corrected chi connectivity index (χ0v) is 4.49. The van der Waals surface area contributed by atoms with Gasteiger partial charge in [0.2, 0.25) is 0 Å². The molecule has 1 N–H and O–H groups in total. The van der Waals surface area contributed by atoms with Crippen molar-refractivity contribution in [1.29, 1.82) is 0 Å². The second-order valence-corrected chi connectivity index (χ2v) is 1.69. The molecule has 0 aromatic rings. The molecule has 0 radical (unpaired) electrons. The molecule has 0 unspecified atom stereocenters. The summed E-state index contributed by atoms with van der Waals surface area (Å²) in [5, 5.41) is 7.76. The van der Waals surface area contributed by atoms with Gasteiger partial charge in [0.05, 0.1) is 0 Å². The van der Waals surface area contributed by atoms with Gasteiger partial charge in [0.25, 0.3) is 0 Å². The Morgan fingerprint density at radius 3 is 1.71 bits per heavy atom. The summed E-state index contributed by atoms with van der Waals surface area (Å²) in [6.07, 6.45) is -1.18. The number of nitrogens with zero attached hydrogens (tertiary/aromatic N) is 1. The van der Waals surface area contributed by atoms with Crippen LogP contribution < -0.4 is 0 Å². The van der Waals surface area contributed by atoms with E-state index in [1.165, 1.54) is 0 Å². The summed E-state index contributed by atoms with van der Waals surface area (Å²) in [6, 6.07) is 0. The Kier molecular flexibility index (Phi) is 9.35. The fraction of sp³-hybridized carbons (Fsp3) is 0. The number of amides is 1. The molecule has 0 aliphatic rings. The number of rotatable bonds is 0. The topological polar surface area (TPSA) is 40.5 Å². The molecule has 0 aromatic carbocycles. The fourth-order valence-corrected chi connectivity index (χ4v) is 0. The van der Waals surface area contributed by atoms with E-state index in [2.05, 4.69) is 25.6 Å². The van der Waals surface area contributed by atoms with Crippen molar-refractivity contribution in [3.8, 4) is 0 Å². The van der Waals surface area contributed by atoms with E-state index in [9.17, 15) is 4.79 Å². The fourth-order valence-electron chi connectivity index (χ4n) is 0. The van der Waals surface area contributed by atoms with Crippen LogP contribution in [-0.2, 0) is 0 Å². The molecule has 0 fully saturated rings. The Bertz CT molecular complexity index is 66.7. The summed E-state index contributed by atoms with van der Waals surface area (Å²) in [7, 11) is 0. The summed E-state index contributed by atoms with van der Waals surface area (Å²) in [4.78, 5) is 9.47. The molecule has 3 nitrogen and oxygen atoms in total. The van der Waals surface area contributed by atoms with Crippen LogP contribution >= 0.6 is 25.6 Å². The molecule has 38 valence electrons. The van der Waals surface area contributed by atoms with Gasteiger partial charge < -0.3 is 5.11 Å². The number of hydrogen-bond donors (Lipinski definition) is 3. The molecule has 0 aromatic heterocycles. The van der Waals surface area contributed by atoms with Gasteiger partial charge in [0.1, 0.15) is 0 Å². The zero-order valence-electron chi connectivity index (χ0n) is 2.70. The second kappa shape index (κ2) is 5.74. The predicted octanol–water partition coefficient (Wildman–Crippen LogP) is 0.00750. The Hall–Kier alpha value is 1.61. The third-order valence-corrected chi connectivity index (χ3v) is 0.513. The third kappa shape index (κ3) is 7.61. The average Bonchev–Trinajstić information content (AvgIpc) is 1.36. The minimum atomic E-state index is -1.18. The van der Waals surface area contributed by atoms with E-state index in [4.69, 9.17) is 5.11 Å². The molecule has 0 atom stereocenters. The molecule has 0 aliphatic heterocycles. The van der Waals surface area contributed by atoms with Crippen LogP contribution in [0.15, 0.2) is 0 Å². The second-order valence-electron chi connectivity index (χ2n) is 0.572. The number of carbonyl (C=O) groups is 1. The SMILES string of the molecule is O=C(O)N(S)S.[KH]. The molecular formula is CH4KNO2S2. The van der Waals surface area contributed by atoms with Crippen LogP contribution in [0, 0.1) is 0 Å². The number of hydrogen-bond acceptors (Lipinski definition) is 3. The number of carboxylic acid groups (broad SMARTS) is 1. The standard InChI is InChI=1S/CH3NO2S2.K.H/c3-1(4)2(5)6;;/h5-6H,(H,3,4);;. The van der Waals surface area contributed by atoms with E-state index in [0.717, 1.165) is 0 Å². The molecule has 0 saturated heterocycles. The normalized spacial score (nSPS) is 6.57. The van der Waals surface area contributed by atoms with Crippen molar-refractivity contribution in [2.45, 2.75) is 0 Å². The first kappa shape index (κ1) is 11.4. The molecule has 0 rings (SSSR count). The molecule has 6 heteroatoms. The van der Waals surface area contributed by atoms with E-state index < -0.39 is 6.09 Å². The van der Waals surface area contributed by atoms with Crippen molar-refractivity contribution in [1.82, 2.24) is 3.71 Å². The van der Waals surface area contributed by atoms with Gasteiger partial charge >= 0.3 is 57.5 Å². The van der Waals surface area contributed by atoms with Crippen molar-refractivity contribution >= 4 is 83.1 Å². The molecule has 0 saturated carbocycles. The first-order valence-electron chi connectivity index (χ1n) is 1.05. The van der Waals surface area contributed by atoms with E-state index in [1.54, 1.807) is 0 Å². The summed E-state index contributed by atoms with van der Waals surface area (Å²) >= 11 is 6.58. The van der Waals surface area contributed by atoms with Crippen LogP contribution in [0.5, 0.6) is 0 Å². The maximum absolute atomic E-state index is 9.47. The molecule has 0 bridgehead atoms. The van der Waals surface area contributed by atoms with Crippen molar-refractivity contribution in [3.63, 3.8) is 0 Å². The van der Waals surface area contributed by atoms with E-state index >= 15 is 0 Å². The van der Waals surface area contributed by atoms with E-state index in [-0.39, 0.29) is 51.4 Å². The van der Waals surface area contributed by atoms with Gasteiger partial charge in [0, 0.05) is 0 Å². The van der Waals surface area contributed by atoms with Crippen LogP contribution in [0.25, 0.3) is 0 Å². The zero-order chi connectivity index (χ0) is 5.15. The van der Waals surface area contributed by atoms with Crippen LogP contribution in [-0.4, -0.2) is 66.3 Å². The van der Waals surface area contributed by atoms with Gasteiger partial charge in [-0.3, -0.25) is 0 Å². The monoisotopic (exact) mass is 165 g/mol. The van der Waals surface area contributed by atoms with Crippen molar-refractivity contribution in [2.24, 2.45) is 0 Å². The van der Waals surface area contributed by atoms with Gasteiger partial charge in [-0.2, -0.15) is 3.71 Å². The quantitative estimate of drug-likeness (QED) is 0.349. The van der Waals surface area contributed by atoms with Crippen molar-refractivity contribution in [3.05, 3.63) is 0 Å². The molecule has 1 amide bonds. The van der Waals surface area contributed by atoms with Gasteiger partial charge in [-0.15, -0.1) is 0 Å². The summed E-state index contributed by atoms with van der Waals surface area (Å²) in [5.74, 6) is 0. The molecule has 7 heavy (non-hydrogen) atoms. The average molecular weight is 165 g/mol. The van der Waals surface area contributed by atoms with Crippen LogP contribution in [0.3, 0.4) is 0 Å². The summed E-state index contributed by atoms with van der Waals surface area (Å²) in [5.41, 5.74) is 0. The molecule has 0 heterocycles. The first-order chi connectivity index (χ1) is 2.64. The molecular weight excluding hydrogens is 161 g/mol. The third-order valence-electron chi connectivity index (χ3n) is 0.171. The van der Waals surface area contributed by atoms with E-state index in [1.807, 2.05) is 0 Å². The minimum absolute atomic E-state index is 0. The van der Waals surface area contributed by atoms with Gasteiger partial charge in [-0.25, -0.2) is 4.79 Å². The summed E-state index contributed by atoms with van der Waals surface area (Å²) < 4.78 is 0.472. The van der Waals surface area contributed by atoms with Crippen LogP contribution in [0.4, 0.5) is 4.79 Å². The first-order valence-corrected chi connectivity index (χ1v) is 1.85. The number of thiol groups is 2. The molecule has 0 aliphatic carbocycles. The van der Waals surface area contributed by atoms with Crippen molar-refractivity contribution in [2.75, 3.05) is 0 Å². The van der Waals surface area contributed by atoms with Gasteiger partial charge in [-0.05, 0) is 25.6 Å². The Morgan fingerprint density at radius 1 is 1.57 bits per heavy atom. The van der Waals surface area contributed by atoms with Gasteiger partial charge in [0.15, 0.2) is 0 Å². The maximum atomic E-state index is 9.47. The van der Waals surface area contributed by atoms with Crippen molar-refractivity contribution < 1.29 is 9.90 Å². The Morgan fingerprint density at radius 2 is 1.71 bits per heavy atom. The van der Waals surface area contributed by atoms with Crippen LogP contribution in [0.2, 0.25) is 0 Å². The Labute approximate surface area is 95.0 Å².